The first-order valence-corrected chi connectivity index (χ1v) is 8.56. The van der Waals surface area contributed by atoms with E-state index in [1.165, 1.54) is 0 Å². The average Bonchev–Trinajstić information content (AvgIpc) is 2.50. The van der Waals surface area contributed by atoms with Gasteiger partial charge in [-0.2, -0.15) is 0 Å². The van der Waals surface area contributed by atoms with Gasteiger partial charge in [0.1, 0.15) is 5.75 Å². The molecule has 0 atom stereocenters. The van der Waals surface area contributed by atoms with E-state index in [0.29, 0.717) is 38.9 Å². The van der Waals surface area contributed by atoms with E-state index < -0.39 is 0 Å². The second-order valence-electron chi connectivity index (χ2n) is 5.76. The first-order chi connectivity index (χ1) is 10.9. The molecule has 0 amide bonds. The lowest BCUT2D eigenvalue weighted by Gasteiger charge is -2.21. The van der Waals surface area contributed by atoms with E-state index in [9.17, 15) is 4.79 Å². The van der Waals surface area contributed by atoms with Gasteiger partial charge >= 0.3 is 0 Å². The third-order valence-corrected chi connectivity index (χ3v) is 4.48. The number of rotatable bonds is 6. The topological polar surface area (TPSA) is 57.2 Å². The van der Waals surface area contributed by atoms with Gasteiger partial charge in [0.05, 0.1) is 27.7 Å². The number of nitrogens with two attached hydrogens (primary N) is 1. The Bertz CT molecular complexity index is 773. The van der Waals surface area contributed by atoms with Crippen LogP contribution in [0.15, 0.2) is 16.9 Å². The van der Waals surface area contributed by atoms with Gasteiger partial charge in [-0.3, -0.25) is 4.79 Å². The summed E-state index contributed by atoms with van der Waals surface area (Å²) in [7, 11) is 0. The molecule has 0 radical (unpaired) electrons. The van der Waals surface area contributed by atoms with Crippen LogP contribution in [-0.2, 0) is 6.54 Å². The highest BCUT2D eigenvalue weighted by atomic mass is 35.5. The molecule has 2 aromatic rings. The molecule has 1 aromatic heterocycles. The molecule has 0 saturated heterocycles. The first kappa shape index (κ1) is 21.1. The Morgan fingerprint density at radius 2 is 1.79 bits per heavy atom. The molecule has 134 valence electrons. The number of aromatic nitrogens is 1. The third-order valence-electron chi connectivity index (χ3n) is 3.76. The summed E-state index contributed by atoms with van der Waals surface area (Å²) in [5.41, 5.74) is 6.48. The molecule has 4 nitrogen and oxygen atoms in total. The Balaban J connectivity index is 0.00000288. The lowest BCUT2D eigenvalue weighted by Crippen LogP contribution is -2.28. The van der Waals surface area contributed by atoms with E-state index >= 15 is 0 Å². The number of nitrogens with zero attached hydrogens (tertiary/aromatic N) is 1. The van der Waals surface area contributed by atoms with Crippen LogP contribution in [0.2, 0.25) is 10.0 Å². The molecule has 7 heteroatoms. The Hall–Kier alpha value is -0.940. The smallest absolute Gasteiger partial charge is 0.259 e. The van der Waals surface area contributed by atoms with Crippen molar-refractivity contribution in [2.24, 2.45) is 5.73 Å². The van der Waals surface area contributed by atoms with Gasteiger partial charge in [-0.1, -0.05) is 36.5 Å². The molecule has 1 heterocycles. The van der Waals surface area contributed by atoms with E-state index in [1.807, 2.05) is 13.8 Å². The summed E-state index contributed by atoms with van der Waals surface area (Å²) in [6.07, 6.45) is 1.94. The Morgan fingerprint density at radius 3 is 2.29 bits per heavy atom. The third kappa shape index (κ3) is 3.99. The van der Waals surface area contributed by atoms with Crippen LogP contribution in [0.25, 0.3) is 10.8 Å². The summed E-state index contributed by atoms with van der Waals surface area (Å²) in [6, 6.07) is 3.26. The van der Waals surface area contributed by atoms with Crippen molar-refractivity contribution in [2.75, 3.05) is 6.61 Å². The van der Waals surface area contributed by atoms with E-state index in [0.717, 1.165) is 12.8 Å². The summed E-state index contributed by atoms with van der Waals surface area (Å²) < 4.78 is 7.66. The van der Waals surface area contributed by atoms with Gasteiger partial charge in [0, 0.05) is 18.0 Å². The minimum absolute atomic E-state index is 0. The van der Waals surface area contributed by atoms with Crippen LogP contribution in [0.5, 0.6) is 5.75 Å². The van der Waals surface area contributed by atoms with Crippen molar-refractivity contribution < 1.29 is 4.74 Å². The number of ether oxygens (including phenoxy) is 1. The molecule has 0 bridgehead atoms. The maximum Gasteiger partial charge on any atom is 0.259 e. The highest BCUT2D eigenvalue weighted by Gasteiger charge is 2.20. The summed E-state index contributed by atoms with van der Waals surface area (Å²) in [4.78, 5) is 12.8. The van der Waals surface area contributed by atoms with E-state index in [2.05, 4.69) is 6.92 Å². The van der Waals surface area contributed by atoms with E-state index in [-0.39, 0.29) is 30.6 Å². The van der Waals surface area contributed by atoms with Gasteiger partial charge in [-0.15, -0.1) is 12.4 Å². The number of halogens is 3. The van der Waals surface area contributed by atoms with Gasteiger partial charge in [-0.25, -0.2) is 0 Å². The van der Waals surface area contributed by atoms with Crippen molar-refractivity contribution in [1.29, 1.82) is 0 Å². The van der Waals surface area contributed by atoms with Crippen LogP contribution in [-0.4, -0.2) is 11.2 Å². The van der Waals surface area contributed by atoms with Crippen LogP contribution in [0.4, 0.5) is 0 Å². The summed E-state index contributed by atoms with van der Waals surface area (Å²) in [5, 5.41) is 1.91. The van der Waals surface area contributed by atoms with Gasteiger partial charge in [0.2, 0.25) is 0 Å². The zero-order valence-corrected chi connectivity index (χ0v) is 16.4. The standard InChI is InChI=1S/C17H22Cl2N2O2.ClH/c1-4-5-6-23-16-11-7-13(18)14(19)8-12(11)17(22)21(10(2)3)15(16)9-20;/h7-8,10H,4-6,9,20H2,1-3H3;1H. The molecule has 0 fully saturated rings. The Morgan fingerprint density at radius 1 is 1.21 bits per heavy atom. The van der Waals surface area contributed by atoms with Gasteiger partial charge in [0.25, 0.3) is 5.56 Å². The van der Waals surface area contributed by atoms with Gasteiger partial charge < -0.3 is 15.0 Å². The minimum atomic E-state index is -0.128. The normalized spacial score (nSPS) is 11.0. The summed E-state index contributed by atoms with van der Waals surface area (Å²) in [5.74, 6) is 0.628. The predicted molar refractivity (Wildman–Crippen MR) is 104 cm³/mol. The lowest BCUT2D eigenvalue weighted by atomic mass is 10.1. The van der Waals surface area contributed by atoms with Gasteiger partial charge in [-0.05, 0) is 32.4 Å². The van der Waals surface area contributed by atoms with Crippen LogP contribution < -0.4 is 16.0 Å². The number of pyridine rings is 1. The fraction of sp³-hybridized carbons (Fsp3) is 0.471. The van der Waals surface area contributed by atoms with E-state index in [4.69, 9.17) is 33.7 Å². The largest absolute Gasteiger partial charge is 0.491 e. The van der Waals surface area contributed by atoms with Crippen molar-refractivity contribution in [1.82, 2.24) is 4.57 Å². The first-order valence-electron chi connectivity index (χ1n) is 7.81. The fourth-order valence-electron chi connectivity index (χ4n) is 2.65. The summed E-state index contributed by atoms with van der Waals surface area (Å²) in [6.45, 7) is 6.76. The highest BCUT2D eigenvalue weighted by Crippen LogP contribution is 2.34. The molecule has 0 aliphatic rings. The average molecular weight is 394 g/mol. The molecular formula is C17H23Cl3N2O2. The molecule has 0 saturated carbocycles. The maximum atomic E-state index is 12.8. The molecule has 0 aliphatic heterocycles. The second kappa shape index (κ2) is 8.95. The van der Waals surface area contributed by atoms with Crippen molar-refractivity contribution in [2.45, 2.75) is 46.2 Å². The van der Waals surface area contributed by atoms with Crippen LogP contribution in [0, 0.1) is 0 Å². The highest BCUT2D eigenvalue weighted by molar-refractivity contribution is 6.42. The molecule has 0 spiro atoms. The quantitative estimate of drug-likeness (QED) is 0.706. The zero-order chi connectivity index (χ0) is 17.1. The molecule has 2 N–H and O–H groups in total. The van der Waals surface area contributed by atoms with Crippen LogP contribution in [0.1, 0.15) is 45.3 Å². The fourth-order valence-corrected chi connectivity index (χ4v) is 2.97. The van der Waals surface area contributed by atoms with Gasteiger partial charge in [0.15, 0.2) is 0 Å². The second-order valence-corrected chi connectivity index (χ2v) is 6.58. The van der Waals surface area contributed by atoms with Crippen molar-refractivity contribution in [3.8, 4) is 5.75 Å². The van der Waals surface area contributed by atoms with Crippen molar-refractivity contribution >= 4 is 46.4 Å². The van der Waals surface area contributed by atoms with E-state index in [1.54, 1.807) is 16.7 Å². The molecule has 0 aliphatic carbocycles. The lowest BCUT2D eigenvalue weighted by molar-refractivity contribution is 0.304. The zero-order valence-electron chi connectivity index (χ0n) is 14.1. The summed E-state index contributed by atoms with van der Waals surface area (Å²) >= 11 is 12.2. The van der Waals surface area contributed by atoms with Crippen molar-refractivity contribution in [3.05, 3.63) is 38.2 Å². The molecule has 1 aromatic carbocycles. The number of hydrogen-bond acceptors (Lipinski definition) is 3. The van der Waals surface area contributed by atoms with Crippen LogP contribution in [0.3, 0.4) is 0 Å². The molecular weight excluding hydrogens is 371 g/mol. The monoisotopic (exact) mass is 392 g/mol. The maximum absolute atomic E-state index is 12.8. The number of unbranched alkanes of at least 4 members (excludes halogenated alkanes) is 1. The van der Waals surface area contributed by atoms with Crippen LogP contribution >= 0.6 is 35.6 Å². The Labute approximate surface area is 158 Å². The molecule has 2 rings (SSSR count). The number of fused-ring (bicyclic) bond motifs is 1. The molecule has 24 heavy (non-hydrogen) atoms. The number of benzene rings is 1. The Kier molecular flexibility index (Phi) is 7.87. The predicted octanol–water partition coefficient (Wildman–Crippen LogP) is 4.95. The molecule has 0 unspecified atom stereocenters. The minimum Gasteiger partial charge on any atom is -0.491 e. The SMILES string of the molecule is CCCCOc1c(CN)n(C(C)C)c(=O)c2cc(Cl)c(Cl)cc12.Cl. The van der Waals surface area contributed by atoms with Crippen molar-refractivity contribution in [3.63, 3.8) is 0 Å². The number of hydrogen-bond donors (Lipinski definition) is 1.